The number of ether oxygens (including phenoxy) is 2. The van der Waals surface area contributed by atoms with Crippen molar-refractivity contribution in [2.45, 2.75) is 25.2 Å². The first kappa shape index (κ1) is 22.0. The van der Waals surface area contributed by atoms with Crippen LogP contribution in [0.3, 0.4) is 0 Å². The van der Waals surface area contributed by atoms with Crippen molar-refractivity contribution in [3.63, 3.8) is 0 Å². The van der Waals surface area contributed by atoms with Gasteiger partial charge in [-0.1, -0.05) is 11.6 Å². The summed E-state index contributed by atoms with van der Waals surface area (Å²) in [5.41, 5.74) is 0.990. The Kier molecular flexibility index (Phi) is 6.55. The number of hydrogen-bond donors (Lipinski definition) is 1. The van der Waals surface area contributed by atoms with Gasteiger partial charge < -0.3 is 19.7 Å². The minimum Gasteiger partial charge on any atom is -0.456 e. The SMILES string of the molecule is FC(F)(F)Oc1ccc(Oc2ccnc(N3CCC(Nc4cccnc4)CC3)c2Cl)cc1. The number of piperidine rings is 1. The van der Waals surface area contributed by atoms with Crippen LogP contribution in [0, 0.1) is 0 Å². The number of alkyl halides is 3. The van der Waals surface area contributed by atoms with Gasteiger partial charge in [0.1, 0.15) is 16.5 Å². The van der Waals surface area contributed by atoms with Gasteiger partial charge in [0.15, 0.2) is 11.6 Å². The molecular formula is C22H20ClF3N4O2. The van der Waals surface area contributed by atoms with Gasteiger partial charge >= 0.3 is 6.36 Å². The Morgan fingerprint density at radius 3 is 2.38 bits per heavy atom. The number of hydrogen-bond acceptors (Lipinski definition) is 6. The molecule has 0 aliphatic carbocycles. The molecule has 0 saturated carbocycles. The number of aromatic nitrogens is 2. The van der Waals surface area contributed by atoms with E-state index in [1.807, 2.05) is 12.1 Å². The Labute approximate surface area is 188 Å². The van der Waals surface area contributed by atoms with Crippen LogP contribution in [-0.2, 0) is 0 Å². The van der Waals surface area contributed by atoms with Crippen molar-refractivity contribution in [2.75, 3.05) is 23.3 Å². The van der Waals surface area contributed by atoms with Crippen molar-refractivity contribution in [3.8, 4) is 17.2 Å². The molecule has 1 aliphatic rings. The summed E-state index contributed by atoms with van der Waals surface area (Å²) < 4.78 is 46.6. The van der Waals surface area contributed by atoms with Gasteiger partial charge in [0.2, 0.25) is 0 Å². The van der Waals surface area contributed by atoms with Gasteiger partial charge in [-0.05, 0) is 49.2 Å². The first-order valence-electron chi connectivity index (χ1n) is 9.97. The fraction of sp³-hybridized carbons (Fsp3) is 0.273. The monoisotopic (exact) mass is 464 g/mol. The molecule has 0 bridgehead atoms. The van der Waals surface area contributed by atoms with Gasteiger partial charge in [-0.2, -0.15) is 0 Å². The molecule has 168 valence electrons. The molecule has 1 saturated heterocycles. The lowest BCUT2D eigenvalue weighted by Gasteiger charge is -2.34. The third-order valence-corrected chi connectivity index (χ3v) is 5.30. The predicted octanol–water partition coefficient (Wildman–Crippen LogP) is 5.90. The van der Waals surface area contributed by atoms with E-state index in [1.54, 1.807) is 24.7 Å². The van der Waals surface area contributed by atoms with Crippen LogP contribution in [0.4, 0.5) is 24.7 Å². The maximum Gasteiger partial charge on any atom is 0.573 e. The standard InChI is InChI=1S/C22H20ClF3N4O2/c23-20-19(31-17-3-5-18(6-4-17)32-22(24,25)26)7-11-28-21(20)30-12-8-15(9-13-30)29-16-2-1-10-27-14-16/h1-7,10-11,14-15,29H,8-9,12-13H2. The highest BCUT2D eigenvalue weighted by Crippen LogP contribution is 2.37. The van der Waals surface area contributed by atoms with Crippen LogP contribution in [0.2, 0.25) is 5.02 Å². The van der Waals surface area contributed by atoms with Crippen molar-refractivity contribution in [1.82, 2.24) is 9.97 Å². The van der Waals surface area contributed by atoms with Crippen LogP contribution in [-0.4, -0.2) is 35.5 Å². The second-order valence-electron chi connectivity index (χ2n) is 7.22. The molecule has 0 unspecified atom stereocenters. The van der Waals surface area contributed by atoms with Crippen LogP contribution < -0.4 is 19.7 Å². The van der Waals surface area contributed by atoms with E-state index in [4.69, 9.17) is 16.3 Å². The molecule has 0 spiro atoms. The molecule has 1 aliphatic heterocycles. The van der Waals surface area contributed by atoms with Crippen molar-refractivity contribution in [1.29, 1.82) is 0 Å². The van der Waals surface area contributed by atoms with Gasteiger partial charge in [-0.3, -0.25) is 4.98 Å². The summed E-state index contributed by atoms with van der Waals surface area (Å²) in [5, 5.41) is 3.83. The van der Waals surface area contributed by atoms with Crippen LogP contribution in [0.5, 0.6) is 17.2 Å². The van der Waals surface area contributed by atoms with Gasteiger partial charge in [0.05, 0.1) is 5.69 Å². The number of nitrogens with one attached hydrogen (secondary N) is 1. The molecule has 3 heterocycles. The van der Waals surface area contributed by atoms with E-state index >= 15 is 0 Å². The Morgan fingerprint density at radius 1 is 1.00 bits per heavy atom. The zero-order valence-electron chi connectivity index (χ0n) is 16.8. The highest BCUT2D eigenvalue weighted by molar-refractivity contribution is 6.34. The van der Waals surface area contributed by atoms with Crippen molar-refractivity contribution >= 4 is 23.1 Å². The molecule has 1 N–H and O–H groups in total. The highest BCUT2D eigenvalue weighted by Gasteiger charge is 2.31. The Morgan fingerprint density at radius 2 is 1.72 bits per heavy atom. The first-order chi connectivity index (χ1) is 15.4. The van der Waals surface area contributed by atoms with E-state index in [0.29, 0.717) is 28.4 Å². The molecule has 1 aromatic carbocycles. The molecule has 4 rings (SSSR count). The molecule has 3 aromatic rings. The lowest BCUT2D eigenvalue weighted by molar-refractivity contribution is -0.274. The Bertz CT molecular complexity index is 1030. The normalized spacial score (nSPS) is 14.8. The lowest BCUT2D eigenvalue weighted by atomic mass is 10.0. The summed E-state index contributed by atoms with van der Waals surface area (Å²) >= 11 is 6.55. The lowest BCUT2D eigenvalue weighted by Crippen LogP contribution is -2.39. The zero-order chi connectivity index (χ0) is 22.6. The fourth-order valence-corrected chi connectivity index (χ4v) is 3.74. The molecule has 0 atom stereocenters. The molecule has 1 fully saturated rings. The number of nitrogens with zero attached hydrogens (tertiary/aromatic N) is 3. The van der Waals surface area contributed by atoms with Gasteiger partial charge in [-0.15, -0.1) is 13.2 Å². The summed E-state index contributed by atoms with van der Waals surface area (Å²) in [7, 11) is 0. The van der Waals surface area contributed by atoms with E-state index in [9.17, 15) is 13.2 Å². The summed E-state index contributed by atoms with van der Waals surface area (Å²) in [6.45, 7) is 1.52. The summed E-state index contributed by atoms with van der Waals surface area (Å²) in [6, 6.07) is 10.9. The molecule has 2 aromatic heterocycles. The van der Waals surface area contributed by atoms with Gasteiger partial charge in [0, 0.05) is 43.8 Å². The van der Waals surface area contributed by atoms with E-state index in [1.165, 1.54) is 24.3 Å². The van der Waals surface area contributed by atoms with E-state index in [2.05, 4.69) is 24.9 Å². The van der Waals surface area contributed by atoms with E-state index in [0.717, 1.165) is 31.6 Å². The molecule has 0 radical (unpaired) electrons. The third kappa shape index (κ3) is 5.73. The van der Waals surface area contributed by atoms with Crippen molar-refractivity contribution in [3.05, 3.63) is 66.1 Å². The highest BCUT2D eigenvalue weighted by atomic mass is 35.5. The maximum atomic E-state index is 12.3. The topological polar surface area (TPSA) is 59.5 Å². The van der Waals surface area contributed by atoms with Crippen LogP contribution in [0.1, 0.15) is 12.8 Å². The molecule has 10 heteroatoms. The third-order valence-electron chi connectivity index (χ3n) is 4.95. The smallest absolute Gasteiger partial charge is 0.456 e. The second-order valence-corrected chi connectivity index (χ2v) is 7.59. The minimum atomic E-state index is -4.74. The van der Waals surface area contributed by atoms with Crippen LogP contribution in [0.15, 0.2) is 61.1 Å². The number of benzene rings is 1. The summed E-state index contributed by atoms with van der Waals surface area (Å²) in [5.74, 6) is 0.991. The second kappa shape index (κ2) is 9.52. The minimum absolute atomic E-state index is 0.325. The number of halogens is 4. The van der Waals surface area contributed by atoms with Crippen LogP contribution in [0.25, 0.3) is 0 Å². The zero-order valence-corrected chi connectivity index (χ0v) is 17.6. The van der Waals surface area contributed by atoms with Gasteiger partial charge in [-0.25, -0.2) is 4.98 Å². The predicted molar refractivity (Wildman–Crippen MR) is 116 cm³/mol. The Balaban J connectivity index is 1.38. The number of pyridine rings is 2. The van der Waals surface area contributed by atoms with Gasteiger partial charge in [0.25, 0.3) is 0 Å². The molecule has 6 nitrogen and oxygen atoms in total. The summed E-state index contributed by atoms with van der Waals surface area (Å²) in [4.78, 5) is 10.6. The molecular weight excluding hydrogens is 445 g/mol. The number of anilines is 2. The average molecular weight is 465 g/mol. The van der Waals surface area contributed by atoms with E-state index < -0.39 is 6.36 Å². The average Bonchev–Trinajstić information content (AvgIpc) is 2.77. The quantitative estimate of drug-likeness (QED) is 0.490. The number of rotatable bonds is 6. The largest absolute Gasteiger partial charge is 0.573 e. The van der Waals surface area contributed by atoms with Crippen molar-refractivity contribution in [2.24, 2.45) is 0 Å². The van der Waals surface area contributed by atoms with E-state index in [-0.39, 0.29) is 5.75 Å². The summed E-state index contributed by atoms with van der Waals surface area (Å²) in [6.07, 6.45) is 2.19. The van der Waals surface area contributed by atoms with Crippen LogP contribution >= 0.6 is 11.6 Å². The van der Waals surface area contributed by atoms with Crippen molar-refractivity contribution < 1.29 is 22.6 Å². The maximum absolute atomic E-state index is 12.3. The first-order valence-corrected chi connectivity index (χ1v) is 10.3. The fourth-order valence-electron chi connectivity index (χ4n) is 3.47. The molecule has 32 heavy (non-hydrogen) atoms. The molecule has 0 amide bonds. The Hall–Kier alpha value is -3.20.